The van der Waals surface area contributed by atoms with Gasteiger partial charge in [0.25, 0.3) is 0 Å². The summed E-state index contributed by atoms with van der Waals surface area (Å²) in [5, 5.41) is 0.0459. The Bertz CT molecular complexity index is 374. The summed E-state index contributed by atoms with van der Waals surface area (Å²) >= 11 is 0. The van der Waals surface area contributed by atoms with Gasteiger partial charge in [-0.1, -0.05) is 41.5 Å². The molecule has 0 unspecified atom stereocenters. The van der Waals surface area contributed by atoms with E-state index >= 15 is 0 Å². The molecule has 5 heteroatoms. The maximum atomic E-state index is 6.82. The van der Waals surface area contributed by atoms with Gasteiger partial charge in [0.1, 0.15) is 0 Å². The molecule has 0 aromatic carbocycles. The molecular formula is C17H34O4Si. The summed E-state index contributed by atoms with van der Waals surface area (Å²) < 4.78 is 24.4. The van der Waals surface area contributed by atoms with Gasteiger partial charge in [-0.2, -0.15) is 0 Å². The van der Waals surface area contributed by atoms with E-state index in [2.05, 4.69) is 41.5 Å². The van der Waals surface area contributed by atoms with Crippen molar-refractivity contribution < 1.29 is 18.3 Å². The lowest BCUT2D eigenvalue weighted by atomic mass is 10.1. The first-order valence-corrected chi connectivity index (χ1v) is 10.2. The molecule has 0 radical (unpaired) electrons. The summed E-state index contributed by atoms with van der Waals surface area (Å²) in [4.78, 5) is 0. The van der Waals surface area contributed by atoms with E-state index in [1.54, 1.807) is 14.2 Å². The first-order chi connectivity index (χ1) is 9.99. The number of hydrogen-bond acceptors (Lipinski definition) is 4. The molecule has 1 spiro atoms. The molecule has 0 N–H and O–H groups in total. The summed E-state index contributed by atoms with van der Waals surface area (Å²) in [6, 6.07) is 0. The Morgan fingerprint density at radius 3 is 1.91 bits per heavy atom. The first-order valence-electron chi connectivity index (χ1n) is 8.42. The van der Waals surface area contributed by atoms with Crippen LogP contribution in [0.25, 0.3) is 0 Å². The zero-order chi connectivity index (χ0) is 16.8. The average molecular weight is 331 g/mol. The van der Waals surface area contributed by atoms with Crippen molar-refractivity contribution in [1.82, 2.24) is 0 Å². The Morgan fingerprint density at radius 1 is 1.05 bits per heavy atom. The fourth-order valence-corrected chi connectivity index (χ4v) is 9.09. The van der Waals surface area contributed by atoms with Crippen molar-refractivity contribution in [1.29, 1.82) is 0 Å². The molecule has 2 aliphatic rings. The number of hydrogen-bond donors (Lipinski definition) is 0. The van der Waals surface area contributed by atoms with Crippen LogP contribution in [0.1, 0.15) is 67.2 Å². The third kappa shape index (κ3) is 3.29. The van der Waals surface area contributed by atoms with Gasteiger partial charge in [-0.15, -0.1) is 0 Å². The van der Waals surface area contributed by atoms with Crippen molar-refractivity contribution >= 4 is 8.56 Å². The SMILES string of the molecule is COC(C[C@H]1CC2(CC2)O[Si](C(C)(C)C)(C(C)(C)C)O1)OC. The molecule has 0 aromatic rings. The van der Waals surface area contributed by atoms with Crippen molar-refractivity contribution in [2.24, 2.45) is 0 Å². The van der Waals surface area contributed by atoms with Crippen molar-refractivity contribution in [3.05, 3.63) is 0 Å². The van der Waals surface area contributed by atoms with Crippen LogP contribution in [-0.4, -0.2) is 40.8 Å². The minimum Gasteiger partial charge on any atom is -0.390 e. The predicted molar refractivity (Wildman–Crippen MR) is 90.1 cm³/mol. The minimum atomic E-state index is -2.43. The van der Waals surface area contributed by atoms with Gasteiger partial charge in [0.05, 0.1) is 11.7 Å². The number of ether oxygens (including phenoxy) is 2. The standard InChI is InChI=1S/C17H34O4Si/c1-15(2,3)22(16(4,5)6)20-13(11-14(18-7)19-8)12-17(21-22)9-10-17/h13-14H,9-12H2,1-8H3/t13-/m0/s1. The van der Waals surface area contributed by atoms with Crippen molar-refractivity contribution in [2.45, 2.75) is 95.3 Å². The molecule has 2 fully saturated rings. The molecule has 1 atom stereocenters. The Balaban J connectivity index is 2.30. The molecule has 1 aliphatic carbocycles. The van der Waals surface area contributed by atoms with Crippen molar-refractivity contribution in [3.63, 3.8) is 0 Å². The highest BCUT2D eigenvalue weighted by molar-refractivity contribution is 6.73. The molecule has 0 aromatic heterocycles. The topological polar surface area (TPSA) is 36.9 Å². The lowest BCUT2D eigenvalue weighted by molar-refractivity contribution is -0.137. The maximum absolute atomic E-state index is 6.82. The van der Waals surface area contributed by atoms with E-state index in [-0.39, 0.29) is 28.1 Å². The Morgan fingerprint density at radius 2 is 1.55 bits per heavy atom. The van der Waals surface area contributed by atoms with Crippen LogP contribution in [0.3, 0.4) is 0 Å². The molecule has 22 heavy (non-hydrogen) atoms. The van der Waals surface area contributed by atoms with E-state index in [0.29, 0.717) is 0 Å². The largest absolute Gasteiger partial charge is 0.390 e. The van der Waals surface area contributed by atoms with Gasteiger partial charge in [0.15, 0.2) is 6.29 Å². The monoisotopic (exact) mass is 330 g/mol. The molecule has 4 nitrogen and oxygen atoms in total. The third-order valence-corrected chi connectivity index (χ3v) is 10.4. The number of methoxy groups -OCH3 is 2. The van der Waals surface area contributed by atoms with Crippen LogP contribution in [0, 0.1) is 0 Å². The molecular weight excluding hydrogens is 296 g/mol. The van der Waals surface area contributed by atoms with E-state index in [9.17, 15) is 0 Å². The Hall–Kier alpha value is 0.0569. The van der Waals surface area contributed by atoms with E-state index in [1.165, 1.54) is 12.8 Å². The van der Waals surface area contributed by atoms with Crippen molar-refractivity contribution in [2.75, 3.05) is 14.2 Å². The average Bonchev–Trinajstić information content (AvgIpc) is 3.11. The van der Waals surface area contributed by atoms with Crippen LogP contribution >= 0.6 is 0 Å². The molecule has 1 saturated heterocycles. The number of rotatable bonds is 4. The van der Waals surface area contributed by atoms with Crippen LogP contribution in [0.15, 0.2) is 0 Å². The van der Waals surface area contributed by atoms with Gasteiger partial charge in [-0.05, 0) is 12.8 Å². The second kappa shape index (κ2) is 5.85. The molecule has 2 rings (SSSR count). The highest BCUT2D eigenvalue weighted by Crippen LogP contribution is 2.61. The fraction of sp³-hybridized carbons (Fsp3) is 1.00. The second-order valence-electron chi connectivity index (χ2n) is 8.98. The Kier molecular flexibility index (Phi) is 4.89. The highest BCUT2D eigenvalue weighted by Gasteiger charge is 2.67. The van der Waals surface area contributed by atoms with Gasteiger partial charge < -0.3 is 18.3 Å². The molecule has 1 heterocycles. The lowest BCUT2D eigenvalue weighted by Gasteiger charge is -2.55. The van der Waals surface area contributed by atoms with E-state index in [0.717, 1.165) is 12.8 Å². The van der Waals surface area contributed by atoms with Gasteiger partial charge in [0, 0.05) is 37.1 Å². The minimum absolute atomic E-state index is 0.0230. The molecule has 0 bridgehead atoms. The summed E-state index contributed by atoms with van der Waals surface area (Å²) in [7, 11) is 0.961. The second-order valence-corrected chi connectivity index (χ2v) is 13.7. The van der Waals surface area contributed by atoms with E-state index < -0.39 is 8.56 Å². The fourth-order valence-electron chi connectivity index (χ4n) is 3.93. The van der Waals surface area contributed by atoms with Crippen LogP contribution in [0.4, 0.5) is 0 Å². The van der Waals surface area contributed by atoms with E-state index in [4.69, 9.17) is 18.3 Å². The lowest BCUT2D eigenvalue weighted by Crippen LogP contribution is -2.64. The predicted octanol–water partition coefficient (Wildman–Crippen LogP) is 4.38. The summed E-state index contributed by atoms with van der Waals surface area (Å²) in [5.41, 5.74) is 0.0573. The van der Waals surface area contributed by atoms with Gasteiger partial charge in [-0.25, -0.2) is 0 Å². The van der Waals surface area contributed by atoms with Crippen LogP contribution in [0.2, 0.25) is 10.1 Å². The third-order valence-electron chi connectivity index (χ3n) is 5.06. The zero-order valence-electron chi connectivity index (χ0n) is 15.6. The quantitative estimate of drug-likeness (QED) is 0.566. The maximum Gasteiger partial charge on any atom is 0.349 e. The van der Waals surface area contributed by atoms with Crippen LogP contribution in [-0.2, 0) is 18.3 Å². The van der Waals surface area contributed by atoms with Gasteiger partial charge in [-0.3, -0.25) is 0 Å². The summed E-state index contributed by atoms with van der Waals surface area (Å²) in [6.07, 6.45) is 4.03. The zero-order valence-corrected chi connectivity index (χ0v) is 16.6. The van der Waals surface area contributed by atoms with Crippen LogP contribution < -0.4 is 0 Å². The molecule has 1 aliphatic heterocycles. The van der Waals surface area contributed by atoms with Gasteiger partial charge >= 0.3 is 8.56 Å². The first kappa shape index (κ1) is 18.4. The Labute approximate surface area is 137 Å². The van der Waals surface area contributed by atoms with Crippen molar-refractivity contribution in [3.8, 4) is 0 Å². The molecule has 1 saturated carbocycles. The smallest absolute Gasteiger partial charge is 0.349 e. The normalized spacial score (nSPS) is 27.4. The van der Waals surface area contributed by atoms with E-state index in [1.807, 2.05) is 0 Å². The molecule has 130 valence electrons. The molecule has 0 amide bonds. The summed E-state index contributed by atoms with van der Waals surface area (Å²) in [6.45, 7) is 13.6. The van der Waals surface area contributed by atoms with Gasteiger partial charge in [0.2, 0.25) is 0 Å². The highest BCUT2D eigenvalue weighted by atomic mass is 28.4. The summed E-state index contributed by atoms with van der Waals surface area (Å²) in [5.74, 6) is 0. The van der Waals surface area contributed by atoms with Crippen LogP contribution in [0.5, 0.6) is 0 Å².